The molecular formula is C53H32N4O. The Morgan fingerprint density at radius 1 is 0.345 bits per heavy atom. The van der Waals surface area contributed by atoms with Crippen LogP contribution in [0.3, 0.4) is 0 Å². The first-order valence-electron chi connectivity index (χ1n) is 19.5. The van der Waals surface area contributed by atoms with Crippen LogP contribution in [-0.4, -0.2) is 19.5 Å². The first kappa shape index (κ1) is 32.4. The Morgan fingerprint density at radius 2 is 0.948 bits per heavy atom. The molecule has 0 atom stereocenters. The average Bonchev–Trinajstić information content (AvgIpc) is 3.84. The van der Waals surface area contributed by atoms with Crippen molar-refractivity contribution in [2.24, 2.45) is 0 Å². The Balaban J connectivity index is 1.18. The molecule has 0 saturated carbocycles. The molecule has 0 spiro atoms. The molecule has 5 nitrogen and oxygen atoms in total. The Kier molecular flexibility index (Phi) is 7.16. The second-order valence-corrected chi connectivity index (χ2v) is 14.8. The van der Waals surface area contributed by atoms with Crippen LogP contribution in [0.15, 0.2) is 199 Å². The molecule has 0 aliphatic heterocycles. The van der Waals surface area contributed by atoms with Crippen molar-refractivity contribution in [2.45, 2.75) is 0 Å². The van der Waals surface area contributed by atoms with Crippen molar-refractivity contribution in [3.63, 3.8) is 0 Å². The number of para-hydroxylation sites is 1. The van der Waals surface area contributed by atoms with E-state index in [4.69, 9.17) is 19.4 Å². The van der Waals surface area contributed by atoms with E-state index in [0.29, 0.717) is 17.5 Å². The molecule has 3 heterocycles. The molecule has 0 fully saturated rings. The van der Waals surface area contributed by atoms with Gasteiger partial charge < -0.3 is 8.98 Å². The quantitative estimate of drug-likeness (QED) is 0.176. The van der Waals surface area contributed by atoms with Crippen LogP contribution in [0.2, 0.25) is 0 Å². The molecule has 0 aliphatic rings. The molecule has 9 aromatic carbocycles. The summed E-state index contributed by atoms with van der Waals surface area (Å²) in [6, 6.07) is 68.0. The second kappa shape index (κ2) is 12.8. The number of furan rings is 1. The fourth-order valence-corrected chi connectivity index (χ4v) is 8.64. The molecule has 3 aromatic heterocycles. The minimum Gasteiger partial charge on any atom is -0.454 e. The van der Waals surface area contributed by atoms with Gasteiger partial charge in [-0.1, -0.05) is 158 Å². The van der Waals surface area contributed by atoms with Crippen LogP contribution in [0.4, 0.5) is 0 Å². The highest BCUT2D eigenvalue weighted by molar-refractivity contribution is 6.22. The summed E-state index contributed by atoms with van der Waals surface area (Å²) >= 11 is 0. The van der Waals surface area contributed by atoms with E-state index >= 15 is 0 Å². The number of aromatic nitrogens is 4. The predicted molar refractivity (Wildman–Crippen MR) is 238 cm³/mol. The van der Waals surface area contributed by atoms with Crippen LogP contribution in [0.1, 0.15) is 0 Å². The van der Waals surface area contributed by atoms with Crippen LogP contribution in [0.5, 0.6) is 0 Å². The third kappa shape index (κ3) is 5.14. The van der Waals surface area contributed by atoms with Crippen LogP contribution in [-0.2, 0) is 0 Å². The number of fused-ring (bicyclic) bond motifs is 9. The zero-order chi connectivity index (χ0) is 38.2. The highest BCUT2D eigenvalue weighted by atomic mass is 16.3. The largest absolute Gasteiger partial charge is 0.454 e. The van der Waals surface area contributed by atoms with Crippen molar-refractivity contribution in [3.05, 3.63) is 194 Å². The van der Waals surface area contributed by atoms with E-state index in [0.717, 1.165) is 66.5 Å². The summed E-state index contributed by atoms with van der Waals surface area (Å²) in [6.45, 7) is 0. The molecule has 0 saturated heterocycles. The zero-order valence-electron chi connectivity index (χ0n) is 31.2. The van der Waals surface area contributed by atoms with Gasteiger partial charge in [0.25, 0.3) is 0 Å². The van der Waals surface area contributed by atoms with E-state index in [1.807, 2.05) is 36.4 Å². The lowest BCUT2D eigenvalue weighted by Gasteiger charge is -2.14. The standard InChI is InChI=1S/C53H32N4O/c1-3-14-33(15-4-1)36-21-13-22-39(28-36)52-54-51(35-17-5-2-6-18-35)55-53(56-52)40-30-45-42-24-11-12-25-48(42)58-50(45)47(32-40)57-46-31-38-20-8-7-19-37(38)29-44(46)43-27-26-34-16-9-10-23-41(34)49(43)57/h1-32H. The van der Waals surface area contributed by atoms with Gasteiger partial charge in [-0.2, -0.15) is 0 Å². The lowest BCUT2D eigenvalue weighted by atomic mass is 10.0. The highest BCUT2D eigenvalue weighted by Gasteiger charge is 2.23. The second-order valence-electron chi connectivity index (χ2n) is 14.8. The number of nitrogens with zero attached hydrogens (tertiary/aromatic N) is 4. The maximum atomic E-state index is 6.86. The molecule has 0 N–H and O–H groups in total. The van der Waals surface area contributed by atoms with Gasteiger partial charge in [0.05, 0.1) is 16.7 Å². The van der Waals surface area contributed by atoms with E-state index in [1.54, 1.807) is 0 Å². The normalized spacial score (nSPS) is 11.8. The lowest BCUT2D eigenvalue weighted by Crippen LogP contribution is -2.02. The molecular weight excluding hydrogens is 709 g/mol. The van der Waals surface area contributed by atoms with Gasteiger partial charge in [-0.05, 0) is 63.7 Å². The van der Waals surface area contributed by atoms with Crippen molar-refractivity contribution in [1.82, 2.24) is 19.5 Å². The van der Waals surface area contributed by atoms with Crippen LogP contribution in [0.25, 0.3) is 116 Å². The molecule has 270 valence electrons. The first-order valence-corrected chi connectivity index (χ1v) is 19.5. The Hall–Kier alpha value is -7.89. The van der Waals surface area contributed by atoms with Gasteiger partial charge in [0.1, 0.15) is 5.58 Å². The highest BCUT2D eigenvalue weighted by Crippen LogP contribution is 2.43. The van der Waals surface area contributed by atoms with Crippen LogP contribution >= 0.6 is 0 Å². The van der Waals surface area contributed by atoms with Gasteiger partial charge in [-0.15, -0.1) is 0 Å². The van der Waals surface area contributed by atoms with E-state index in [9.17, 15) is 0 Å². The van der Waals surface area contributed by atoms with Crippen molar-refractivity contribution < 1.29 is 4.42 Å². The summed E-state index contributed by atoms with van der Waals surface area (Å²) in [7, 11) is 0. The molecule has 12 rings (SSSR count). The average molecular weight is 741 g/mol. The van der Waals surface area contributed by atoms with Crippen molar-refractivity contribution in [1.29, 1.82) is 0 Å². The molecule has 58 heavy (non-hydrogen) atoms. The van der Waals surface area contributed by atoms with Gasteiger partial charge in [0, 0.05) is 43.6 Å². The number of hydrogen-bond donors (Lipinski definition) is 0. The Labute approximate surface area is 333 Å². The third-order valence-electron chi connectivity index (χ3n) is 11.4. The summed E-state index contributed by atoms with van der Waals surface area (Å²) < 4.78 is 9.26. The maximum Gasteiger partial charge on any atom is 0.164 e. The van der Waals surface area contributed by atoms with Gasteiger partial charge in [-0.3, -0.25) is 0 Å². The van der Waals surface area contributed by atoms with E-state index in [-0.39, 0.29) is 0 Å². The van der Waals surface area contributed by atoms with Crippen molar-refractivity contribution in [3.8, 4) is 51.0 Å². The predicted octanol–water partition coefficient (Wildman–Crippen LogP) is 13.8. The SMILES string of the molecule is c1ccc(-c2cccc(-c3nc(-c4ccccc4)nc(-c4cc(-n5c6cc7ccccc7cc6c6ccc7ccccc7c65)c5oc6ccccc6c5c4)n3)c2)cc1. The first-order chi connectivity index (χ1) is 28.7. The van der Waals surface area contributed by atoms with Gasteiger partial charge in [0.2, 0.25) is 0 Å². The molecule has 0 unspecified atom stereocenters. The molecule has 0 amide bonds. The lowest BCUT2D eigenvalue weighted by molar-refractivity contribution is 0.666. The van der Waals surface area contributed by atoms with Crippen molar-refractivity contribution >= 4 is 65.3 Å². The Bertz CT molecular complexity index is 3570. The van der Waals surface area contributed by atoms with Crippen molar-refractivity contribution in [2.75, 3.05) is 0 Å². The smallest absolute Gasteiger partial charge is 0.164 e. The number of benzene rings is 9. The van der Waals surface area contributed by atoms with Gasteiger partial charge in [-0.25, -0.2) is 15.0 Å². The van der Waals surface area contributed by atoms with E-state index < -0.39 is 0 Å². The molecule has 5 heteroatoms. The topological polar surface area (TPSA) is 56.7 Å². The summed E-state index contributed by atoms with van der Waals surface area (Å²) in [5.74, 6) is 1.80. The zero-order valence-corrected chi connectivity index (χ0v) is 31.2. The van der Waals surface area contributed by atoms with E-state index in [2.05, 4.69) is 162 Å². The molecule has 0 bridgehead atoms. The molecule has 0 aliphatic carbocycles. The molecule has 0 radical (unpaired) electrons. The van der Waals surface area contributed by atoms with Gasteiger partial charge >= 0.3 is 0 Å². The fraction of sp³-hybridized carbons (Fsp3) is 0. The monoisotopic (exact) mass is 740 g/mol. The minimum absolute atomic E-state index is 0.582. The Morgan fingerprint density at radius 3 is 1.74 bits per heavy atom. The third-order valence-corrected chi connectivity index (χ3v) is 11.4. The fourth-order valence-electron chi connectivity index (χ4n) is 8.64. The molecule has 12 aromatic rings. The minimum atomic E-state index is 0.582. The van der Waals surface area contributed by atoms with Crippen LogP contribution < -0.4 is 0 Å². The summed E-state index contributed by atoms with van der Waals surface area (Å²) in [5, 5.41) is 9.11. The summed E-state index contributed by atoms with van der Waals surface area (Å²) in [4.78, 5) is 15.6. The van der Waals surface area contributed by atoms with E-state index in [1.165, 1.54) is 32.3 Å². The number of rotatable bonds is 5. The number of hydrogen-bond acceptors (Lipinski definition) is 4. The van der Waals surface area contributed by atoms with Crippen LogP contribution in [0, 0.1) is 0 Å². The summed E-state index contributed by atoms with van der Waals surface area (Å²) in [6.07, 6.45) is 0. The van der Waals surface area contributed by atoms with Gasteiger partial charge in [0.15, 0.2) is 23.1 Å². The maximum absolute atomic E-state index is 6.86. The summed E-state index contributed by atoms with van der Waals surface area (Å²) in [5.41, 5.74) is 9.71.